The van der Waals surface area contributed by atoms with Gasteiger partial charge in [-0.25, -0.2) is 0 Å². The molecule has 1 N–H and O–H groups in total. The number of aryl methyl sites for hydroxylation is 1. The number of carbonyl (C=O) groups is 2. The largest absolute Gasteiger partial charge is 0.484 e. The molecule has 0 radical (unpaired) electrons. The van der Waals surface area contributed by atoms with Crippen LogP contribution in [-0.2, 0) is 9.59 Å². The molecule has 28 heavy (non-hydrogen) atoms. The molecule has 0 aromatic heterocycles. The van der Waals surface area contributed by atoms with Crippen molar-refractivity contribution in [2.75, 3.05) is 50.6 Å². The van der Waals surface area contributed by atoms with Crippen LogP contribution < -0.4 is 19.7 Å². The molecule has 0 unspecified atom stereocenters. The lowest BCUT2D eigenvalue weighted by atomic mass is 10.2. The van der Waals surface area contributed by atoms with E-state index in [4.69, 9.17) is 9.47 Å². The third kappa shape index (κ3) is 5.01. The second-order valence-corrected chi connectivity index (χ2v) is 6.97. The Labute approximate surface area is 164 Å². The molecule has 0 saturated carbocycles. The number of hydrogen-bond donors (Lipinski definition) is 1. The van der Waals surface area contributed by atoms with Crippen LogP contribution in [0.15, 0.2) is 42.5 Å². The Balaban J connectivity index is 1.65. The Morgan fingerprint density at radius 1 is 1.21 bits per heavy atom. The predicted octanol–water partition coefficient (Wildman–Crippen LogP) is 2.30. The van der Waals surface area contributed by atoms with Crippen LogP contribution in [0.1, 0.15) is 5.56 Å². The monoisotopic (exact) mass is 383 g/mol. The summed E-state index contributed by atoms with van der Waals surface area (Å²) in [5, 5.41) is 2.81. The van der Waals surface area contributed by atoms with E-state index >= 15 is 0 Å². The summed E-state index contributed by atoms with van der Waals surface area (Å²) in [6.45, 7) is 3.20. The van der Waals surface area contributed by atoms with Gasteiger partial charge in [0.1, 0.15) is 11.5 Å². The van der Waals surface area contributed by atoms with Gasteiger partial charge >= 0.3 is 0 Å². The molecule has 2 aromatic rings. The van der Waals surface area contributed by atoms with Crippen LogP contribution in [0.3, 0.4) is 0 Å². The summed E-state index contributed by atoms with van der Waals surface area (Å²) in [4.78, 5) is 28.2. The second kappa shape index (κ2) is 8.75. The van der Waals surface area contributed by atoms with Crippen molar-refractivity contribution in [2.24, 2.45) is 0 Å². The highest BCUT2D eigenvalue weighted by Gasteiger charge is 2.25. The minimum Gasteiger partial charge on any atom is -0.484 e. The first-order chi connectivity index (χ1) is 13.4. The van der Waals surface area contributed by atoms with Gasteiger partial charge in [0, 0.05) is 18.8 Å². The summed E-state index contributed by atoms with van der Waals surface area (Å²) in [6, 6.07) is 12.8. The number of carbonyl (C=O) groups excluding carboxylic acids is 2. The average Bonchev–Trinajstić information content (AvgIpc) is 2.66. The number of fused-ring (bicyclic) bond motifs is 1. The van der Waals surface area contributed by atoms with Gasteiger partial charge in [-0.15, -0.1) is 0 Å². The van der Waals surface area contributed by atoms with Crippen molar-refractivity contribution < 1.29 is 19.1 Å². The highest BCUT2D eigenvalue weighted by molar-refractivity contribution is 5.99. The van der Waals surface area contributed by atoms with Crippen LogP contribution in [0.25, 0.3) is 0 Å². The van der Waals surface area contributed by atoms with Gasteiger partial charge in [0.25, 0.3) is 11.8 Å². The zero-order valence-corrected chi connectivity index (χ0v) is 16.4. The lowest BCUT2D eigenvalue weighted by Gasteiger charge is -2.30. The Morgan fingerprint density at radius 2 is 1.96 bits per heavy atom. The summed E-state index contributed by atoms with van der Waals surface area (Å²) >= 11 is 0. The van der Waals surface area contributed by atoms with Gasteiger partial charge < -0.3 is 24.6 Å². The molecule has 7 nitrogen and oxygen atoms in total. The van der Waals surface area contributed by atoms with Crippen LogP contribution in [0.5, 0.6) is 11.5 Å². The number of nitrogens with zero attached hydrogens (tertiary/aromatic N) is 2. The Morgan fingerprint density at radius 3 is 2.68 bits per heavy atom. The van der Waals surface area contributed by atoms with E-state index < -0.39 is 0 Å². The smallest absolute Gasteiger partial charge is 0.265 e. The van der Waals surface area contributed by atoms with E-state index in [1.54, 1.807) is 23.1 Å². The number of ether oxygens (including phenoxy) is 2. The number of hydrogen-bond acceptors (Lipinski definition) is 5. The molecule has 0 spiro atoms. The minimum atomic E-state index is -0.275. The molecular formula is C21H25N3O4. The molecule has 7 heteroatoms. The molecule has 0 fully saturated rings. The summed E-state index contributed by atoms with van der Waals surface area (Å²) in [5.74, 6) is 0.899. The number of amides is 2. The van der Waals surface area contributed by atoms with Crippen LogP contribution in [0, 0.1) is 6.92 Å². The molecule has 0 aliphatic carbocycles. The molecule has 0 atom stereocenters. The average molecular weight is 383 g/mol. The third-order valence-corrected chi connectivity index (χ3v) is 4.35. The van der Waals surface area contributed by atoms with Gasteiger partial charge in [0.15, 0.2) is 13.2 Å². The molecule has 1 aliphatic heterocycles. The lowest BCUT2D eigenvalue weighted by molar-refractivity contribution is -0.121. The fourth-order valence-corrected chi connectivity index (χ4v) is 2.81. The first-order valence-electron chi connectivity index (χ1n) is 9.13. The maximum absolute atomic E-state index is 12.3. The highest BCUT2D eigenvalue weighted by atomic mass is 16.5. The van der Waals surface area contributed by atoms with E-state index in [1.165, 1.54) is 0 Å². The maximum Gasteiger partial charge on any atom is 0.265 e. The molecular weight excluding hydrogens is 358 g/mol. The fourth-order valence-electron chi connectivity index (χ4n) is 2.81. The lowest BCUT2D eigenvalue weighted by Crippen LogP contribution is -2.42. The standard InChI is InChI=1S/C21H25N3O4/c1-15-4-7-17(8-5-15)27-13-20(25)22-16-6-9-19-18(12-16)24(11-10-23(2)3)21(26)14-28-19/h4-9,12H,10-11,13-14H2,1-3H3,(H,22,25). The number of nitrogens with one attached hydrogen (secondary N) is 1. The molecule has 148 valence electrons. The minimum absolute atomic E-state index is 0.0243. The van der Waals surface area contributed by atoms with Crippen molar-refractivity contribution in [3.8, 4) is 11.5 Å². The molecule has 2 aromatic carbocycles. The third-order valence-electron chi connectivity index (χ3n) is 4.35. The van der Waals surface area contributed by atoms with Crippen LogP contribution in [-0.4, -0.2) is 57.1 Å². The molecule has 0 bridgehead atoms. The van der Waals surface area contributed by atoms with E-state index in [2.05, 4.69) is 5.32 Å². The van der Waals surface area contributed by atoms with Crippen LogP contribution in [0.2, 0.25) is 0 Å². The van der Waals surface area contributed by atoms with Crippen molar-refractivity contribution in [3.05, 3.63) is 48.0 Å². The second-order valence-electron chi connectivity index (χ2n) is 6.97. The number of benzene rings is 2. The first kappa shape index (κ1) is 19.7. The Kier molecular flexibility index (Phi) is 6.16. The van der Waals surface area contributed by atoms with E-state index in [0.29, 0.717) is 29.4 Å². The van der Waals surface area contributed by atoms with Gasteiger partial charge in [0.2, 0.25) is 0 Å². The summed E-state index contributed by atoms with van der Waals surface area (Å²) < 4.78 is 11.0. The van der Waals surface area contributed by atoms with E-state index in [9.17, 15) is 9.59 Å². The van der Waals surface area contributed by atoms with E-state index in [0.717, 1.165) is 12.1 Å². The molecule has 1 aliphatic rings. The highest BCUT2D eigenvalue weighted by Crippen LogP contribution is 2.34. The fraction of sp³-hybridized carbons (Fsp3) is 0.333. The normalized spacial score (nSPS) is 13.1. The molecule has 2 amide bonds. The summed E-state index contributed by atoms with van der Waals surface area (Å²) in [5.41, 5.74) is 2.38. The quantitative estimate of drug-likeness (QED) is 0.794. The Bertz CT molecular complexity index is 849. The van der Waals surface area contributed by atoms with Crippen molar-refractivity contribution in [3.63, 3.8) is 0 Å². The predicted molar refractivity (Wildman–Crippen MR) is 108 cm³/mol. The first-order valence-corrected chi connectivity index (χ1v) is 9.13. The zero-order valence-electron chi connectivity index (χ0n) is 16.4. The topological polar surface area (TPSA) is 71.1 Å². The van der Waals surface area contributed by atoms with E-state index in [-0.39, 0.29) is 25.0 Å². The van der Waals surface area contributed by atoms with Gasteiger partial charge in [-0.1, -0.05) is 17.7 Å². The van der Waals surface area contributed by atoms with Crippen molar-refractivity contribution in [1.82, 2.24) is 4.90 Å². The van der Waals surface area contributed by atoms with Crippen molar-refractivity contribution in [1.29, 1.82) is 0 Å². The summed E-state index contributed by atoms with van der Waals surface area (Å²) in [7, 11) is 3.91. The van der Waals surface area contributed by atoms with Crippen molar-refractivity contribution in [2.45, 2.75) is 6.92 Å². The van der Waals surface area contributed by atoms with Crippen LogP contribution in [0.4, 0.5) is 11.4 Å². The Hall–Kier alpha value is -3.06. The molecule has 3 rings (SSSR count). The summed E-state index contributed by atoms with van der Waals surface area (Å²) in [6.07, 6.45) is 0. The number of rotatable bonds is 7. The van der Waals surface area contributed by atoms with Crippen molar-refractivity contribution >= 4 is 23.2 Å². The molecule has 0 saturated heterocycles. The zero-order chi connectivity index (χ0) is 20.1. The molecule has 1 heterocycles. The van der Waals surface area contributed by atoms with Gasteiger partial charge in [-0.05, 0) is 51.4 Å². The number of anilines is 2. The van der Waals surface area contributed by atoms with Gasteiger partial charge in [0.05, 0.1) is 5.69 Å². The van der Waals surface area contributed by atoms with E-state index in [1.807, 2.05) is 50.2 Å². The van der Waals surface area contributed by atoms with Crippen LogP contribution >= 0.6 is 0 Å². The maximum atomic E-state index is 12.3. The van der Waals surface area contributed by atoms with Gasteiger partial charge in [-0.2, -0.15) is 0 Å². The SMILES string of the molecule is Cc1ccc(OCC(=O)Nc2ccc3c(c2)N(CCN(C)C)C(=O)CO3)cc1. The van der Waals surface area contributed by atoms with Gasteiger partial charge in [-0.3, -0.25) is 9.59 Å². The number of likely N-dealkylation sites (N-methyl/N-ethyl adjacent to an activating group) is 1.